The predicted octanol–water partition coefficient (Wildman–Crippen LogP) is 3.83. The Labute approximate surface area is 207 Å². The van der Waals surface area contributed by atoms with E-state index in [1.807, 2.05) is 19.1 Å². The largest absolute Gasteiger partial charge is 0.382 e. The summed E-state index contributed by atoms with van der Waals surface area (Å²) >= 11 is 0. The molecule has 0 aliphatic carbocycles. The highest BCUT2D eigenvalue weighted by Crippen LogP contribution is 2.29. The molecule has 1 aliphatic rings. The molecule has 1 saturated heterocycles. The Morgan fingerprint density at radius 1 is 1.09 bits per heavy atom. The smallest absolute Gasteiger partial charge is 0.175 e. The van der Waals surface area contributed by atoms with Crippen molar-refractivity contribution in [2.24, 2.45) is 0 Å². The fraction of sp³-hybridized carbons (Fsp3) is 0.385. The fourth-order valence-corrected chi connectivity index (χ4v) is 6.65. The third-order valence-corrected chi connectivity index (χ3v) is 9.21. The summed E-state index contributed by atoms with van der Waals surface area (Å²) < 4.78 is 49.2. The van der Waals surface area contributed by atoms with Gasteiger partial charge in [0.05, 0.1) is 34.2 Å². The first-order valence-electron chi connectivity index (χ1n) is 11.7. The molecule has 0 spiro atoms. The fourth-order valence-electron chi connectivity index (χ4n) is 4.45. The van der Waals surface area contributed by atoms with Gasteiger partial charge < -0.3 is 15.2 Å². The van der Waals surface area contributed by atoms with Gasteiger partial charge in [0, 0.05) is 35.6 Å². The summed E-state index contributed by atoms with van der Waals surface area (Å²) in [5, 5.41) is 7.90. The van der Waals surface area contributed by atoms with E-state index in [0.717, 1.165) is 40.1 Å². The first-order chi connectivity index (χ1) is 16.6. The Balaban J connectivity index is 1.51. The number of aromatic nitrogens is 1. The van der Waals surface area contributed by atoms with Crippen molar-refractivity contribution in [1.29, 1.82) is 0 Å². The van der Waals surface area contributed by atoms with Gasteiger partial charge in [-0.1, -0.05) is 12.0 Å². The first kappa shape index (κ1) is 25.1. The van der Waals surface area contributed by atoms with Crippen LogP contribution in [0.5, 0.6) is 0 Å². The minimum Gasteiger partial charge on any atom is -0.382 e. The Morgan fingerprint density at radius 3 is 2.49 bits per heavy atom. The van der Waals surface area contributed by atoms with Crippen molar-refractivity contribution in [3.8, 4) is 11.8 Å². The summed E-state index contributed by atoms with van der Waals surface area (Å²) in [5.74, 6) is 6.91. The van der Waals surface area contributed by atoms with Crippen LogP contribution in [0.2, 0.25) is 0 Å². The van der Waals surface area contributed by atoms with Crippen LogP contribution in [-0.2, 0) is 26.2 Å². The number of nitrogens with one attached hydrogen (secondary N) is 2. The van der Waals surface area contributed by atoms with Crippen molar-refractivity contribution in [1.82, 2.24) is 4.57 Å². The van der Waals surface area contributed by atoms with Gasteiger partial charge in [-0.15, -0.1) is 0 Å². The van der Waals surface area contributed by atoms with E-state index in [9.17, 15) is 16.8 Å². The van der Waals surface area contributed by atoms with E-state index in [1.165, 1.54) is 6.26 Å². The number of benzene rings is 2. The second-order valence-electron chi connectivity index (χ2n) is 8.99. The van der Waals surface area contributed by atoms with E-state index in [-0.39, 0.29) is 17.5 Å². The molecule has 1 fully saturated rings. The summed E-state index contributed by atoms with van der Waals surface area (Å²) in [6.45, 7) is 5.15. The molecule has 3 aromatic rings. The molecule has 4 rings (SSSR count). The van der Waals surface area contributed by atoms with Gasteiger partial charge >= 0.3 is 0 Å². The quantitative estimate of drug-likeness (QED) is 0.487. The third kappa shape index (κ3) is 5.82. The van der Waals surface area contributed by atoms with Gasteiger partial charge in [-0.05, 0) is 74.6 Å². The highest BCUT2D eigenvalue weighted by atomic mass is 32.2. The minimum atomic E-state index is -3.23. The first-order valence-corrected chi connectivity index (χ1v) is 15.4. The zero-order valence-corrected chi connectivity index (χ0v) is 21.9. The number of nitrogens with zero attached hydrogens (tertiary/aromatic N) is 1. The van der Waals surface area contributed by atoms with Crippen LogP contribution >= 0.6 is 0 Å². The average molecular weight is 514 g/mol. The van der Waals surface area contributed by atoms with Gasteiger partial charge in [0.2, 0.25) is 0 Å². The van der Waals surface area contributed by atoms with Crippen LogP contribution in [0.15, 0.2) is 47.4 Å². The molecule has 2 aromatic carbocycles. The molecule has 0 atom stereocenters. The number of aryl methyl sites for hydroxylation is 2. The van der Waals surface area contributed by atoms with Crippen LogP contribution in [-0.4, -0.2) is 51.8 Å². The molecule has 7 nitrogen and oxygen atoms in total. The van der Waals surface area contributed by atoms with Crippen LogP contribution < -0.4 is 10.6 Å². The van der Waals surface area contributed by atoms with E-state index in [0.29, 0.717) is 24.3 Å². The van der Waals surface area contributed by atoms with Crippen LogP contribution in [0, 0.1) is 18.8 Å². The molecule has 0 amide bonds. The summed E-state index contributed by atoms with van der Waals surface area (Å²) in [5.41, 5.74) is 4.70. The van der Waals surface area contributed by atoms with E-state index in [2.05, 4.69) is 46.1 Å². The molecule has 186 valence electrons. The number of fused-ring (bicyclic) bond motifs is 1. The van der Waals surface area contributed by atoms with Gasteiger partial charge in [-0.3, -0.25) is 0 Å². The van der Waals surface area contributed by atoms with Gasteiger partial charge in [-0.25, -0.2) is 16.8 Å². The maximum atomic E-state index is 11.8. The van der Waals surface area contributed by atoms with Gasteiger partial charge in [0.25, 0.3) is 0 Å². The lowest BCUT2D eigenvalue weighted by Crippen LogP contribution is -2.32. The van der Waals surface area contributed by atoms with Crippen molar-refractivity contribution in [2.75, 3.05) is 34.9 Å². The lowest BCUT2D eigenvalue weighted by Gasteiger charge is -2.24. The van der Waals surface area contributed by atoms with Crippen LogP contribution in [0.1, 0.15) is 31.0 Å². The monoisotopic (exact) mass is 513 g/mol. The molecule has 2 N–H and O–H groups in total. The normalized spacial score (nSPS) is 16.0. The number of sulfone groups is 2. The Morgan fingerprint density at radius 2 is 1.83 bits per heavy atom. The second kappa shape index (κ2) is 9.96. The SMILES string of the molecule is CCn1c(C#CCNc2ccc(S(C)(=O)=O)cc2C)cc2c(NC3CCS(=O)(=O)CC3)cccc21. The van der Waals surface area contributed by atoms with E-state index in [1.54, 1.807) is 18.2 Å². The molecule has 0 radical (unpaired) electrons. The Hall–Kier alpha value is -2.96. The number of anilines is 2. The van der Waals surface area contributed by atoms with Gasteiger partial charge in [-0.2, -0.15) is 0 Å². The topological polar surface area (TPSA) is 97.3 Å². The van der Waals surface area contributed by atoms with Crippen LogP contribution in [0.4, 0.5) is 11.4 Å². The maximum Gasteiger partial charge on any atom is 0.175 e. The van der Waals surface area contributed by atoms with Crippen molar-refractivity contribution in [3.63, 3.8) is 0 Å². The molecule has 0 unspecified atom stereocenters. The van der Waals surface area contributed by atoms with Crippen LogP contribution in [0.3, 0.4) is 0 Å². The number of hydrogen-bond acceptors (Lipinski definition) is 6. The van der Waals surface area contributed by atoms with Crippen molar-refractivity contribution in [2.45, 2.75) is 44.2 Å². The molecular formula is C26H31N3O4S2. The zero-order valence-electron chi connectivity index (χ0n) is 20.3. The Kier molecular flexibility index (Phi) is 7.15. The van der Waals surface area contributed by atoms with E-state index >= 15 is 0 Å². The highest BCUT2D eigenvalue weighted by molar-refractivity contribution is 7.91. The lowest BCUT2D eigenvalue weighted by molar-refractivity contribution is 0.559. The zero-order chi connectivity index (χ0) is 25.2. The summed E-state index contributed by atoms with van der Waals surface area (Å²) in [4.78, 5) is 0.304. The molecule has 0 saturated carbocycles. The van der Waals surface area contributed by atoms with Gasteiger partial charge in [0.1, 0.15) is 9.84 Å². The second-order valence-corrected chi connectivity index (χ2v) is 13.3. The molecule has 1 aromatic heterocycles. The maximum absolute atomic E-state index is 11.8. The van der Waals surface area contributed by atoms with Crippen molar-refractivity contribution < 1.29 is 16.8 Å². The lowest BCUT2D eigenvalue weighted by atomic mass is 10.1. The summed E-state index contributed by atoms with van der Waals surface area (Å²) in [7, 11) is -6.13. The van der Waals surface area contributed by atoms with E-state index in [4.69, 9.17) is 0 Å². The molecule has 35 heavy (non-hydrogen) atoms. The molecule has 9 heteroatoms. The highest BCUT2D eigenvalue weighted by Gasteiger charge is 2.24. The van der Waals surface area contributed by atoms with Crippen molar-refractivity contribution in [3.05, 3.63) is 53.7 Å². The van der Waals surface area contributed by atoms with Crippen molar-refractivity contribution >= 4 is 42.0 Å². The molecule has 2 heterocycles. The minimum absolute atomic E-state index is 0.144. The number of rotatable bonds is 6. The van der Waals surface area contributed by atoms with Crippen LogP contribution in [0.25, 0.3) is 10.9 Å². The molecule has 0 bridgehead atoms. The standard InChI is InChI=1S/C26H31N3O4S2/c1-4-29-21(7-6-14-27-24-11-10-22(17-19(24)2)34(3,30)31)18-23-25(8-5-9-26(23)29)28-20-12-15-35(32,33)16-13-20/h5,8-11,17-18,20,27-28H,4,12-16H2,1-3H3. The predicted molar refractivity (Wildman–Crippen MR) is 143 cm³/mol. The molecule has 1 aliphatic heterocycles. The summed E-state index contributed by atoms with van der Waals surface area (Å²) in [6.07, 6.45) is 2.44. The third-order valence-electron chi connectivity index (χ3n) is 6.39. The number of hydrogen-bond donors (Lipinski definition) is 2. The summed E-state index contributed by atoms with van der Waals surface area (Å²) in [6, 6.07) is 13.4. The average Bonchev–Trinajstić information content (AvgIpc) is 3.16. The molecular weight excluding hydrogens is 482 g/mol. The van der Waals surface area contributed by atoms with E-state index < -0.39 is 19.7 Å². The Bertz CT molecular complexity index is 1510. The van der Waals surface area contributed by atoms with Gasteiger partial charge in [0.15, 0.2) is 9.84 Å².